The Labute approximate surface area is 41.5 Å². The van der Waals surface area contributed by atoms with Gasteiger partial charge >= 0.3 is 6.30 Å². The van der Waals surface area contributed by atoms with Crippen LogP contribution in [0.4, 0.5) is 17.7 Å². The first-order valence-electron chi connectivity index (χ1n) is 1.13. The van der Waals surface area contributed by atoms with E-state index in [1.165, 1.54) is 0 Å². The maximum atomic E-state index is 10.7. The molecule has 0 unspecified atom stereocenters. The molecule has 0 N–H and O–H groups in total. The molecule has 0 radical (unpaired) electrons. The molecule has 0 fully saturated rings. The molecular formula is CClF4N. The molecule has 0 aromatic rings. The van der Waals surface area contributed by atoms with Gasteiger partial charge in [-0.25, -0.2) is 0 Å². The molecule has 0 bridgehead atoms. The lowest BCUT2D eigenvalue weighted by molar-refractivity contribution is -0.267. The minimum atomic E-state index is -5.07. The molecule has 0 aliphatic rings. The predicted molar refractivity (Wildman–Crippen MR) is 14.9 cm³/mol. The lowest BCUT2D eigenvalue weighted by Crippen LogP contribution is -2.21. The Morgan fingerprint density at radius 2 is 1.43 bits per heavy atom. The van der Waals surface area contributed by atoms with Crippen LogP contribution in [-0.4, -0.2) is 10.9 Å². The molecule has 0 heterocycles. The Morgan fingerprint density at radius 1 is 1.29 bits per heavy atom. The SMILES string of the molecule is FN(Cl)C(F)(F)F. The van der Waals surface area contributed by atoms with E-state index in [0.29, 0.717) is 0 Å². The molecule has 0 aliphatic heterocycles. The van der Waals surface area contributed by atoms with E-state index in [4.69, 9.17) is 0 Å². The van der Waals surface area contributed by atoms with Crippen molar-refractivity contribution < 1.29 is 17.7 Å². The highest BCUT2D eigenvalue weighted by Crippen LogP contribution is 2.22. The summed E-state index contributed by atoms with van der Waals surface area (Å²) in [6.07, 6.45) is -5.07. The molecule has 0 amide bonds. The lowest BCUT2D eigenvalue weighted by Gasteiger charge is -2.03. The van der Waals surface area contributed by atoms with Crippen molar-refractivity contribution >= 4 is 11.8 Å². The van der Waals surface area contributed by atoms with E-state index in [-0.39, 0.29) is 0 Å². The third-order valence-corrected chi connectivity index (χ3v) is 0.383. The zero-order valence-corrected chi connectivity index (χ0v) is 3.59. The van der Waals surface area contributed by atoms with Gasteiger partial charge in [0.25, 0.3) is 0 Å². The lowest BCUT2D eigenvalue weighted by atomic mass is 11.2. The minimum absolute atomic E-state index is 1.84. The van der Waals surface area contributed by atoms with E-state index in [0.717, 1.165) is 0 Å². The van der Waals surface area contributed by atoms with E-state index in [9.17, 15) is 17.7 Å². The smallest absolute Gasteiger partial charge is 0.153 e. The first-order valence-corrected chi connectivity index (χ1v) is 1.47. The Kier molecular flexibility index (Phi) is 1.82. The molecule has 0 saturated heterocycles. The van der Waals surface area contributed by atoms with E-state index in [1.54, 1.807) is 0 Å². The quantitative estimate of drug-likeness (QED) is 0.280. The van der Waals surface area contributed by atoms with Crippen LogP contribution in [0.25, 0.3) is 0 Å². The Balaban J connectivity index is 3.54. The molecule has 0 aromatic heterocycles. The van der Waals surface area contributed by atoms with Crippen LogP contribution in [-0.2, 0) is 0 Å². The fraction of sp³-hybridized carbons (Fsp3) is 1.00. The Morgan fingerprint density at radius 3 is 1.43 bits per heavy atom. The maximum absolute atomic E-state index is 10.7. The second kappa shape index (κ2) is 1.83. The molecule has 0 spiro atoms. The van der Waals surface area contributed by atoms with Gasteiger partial charge in [0.15, 0.2) is 0 Å². The molecule has 0 rings (SSSR count). The monoisotopic (exact) mass is 137 g/mol. The number of rotatable bonds is 0. The van der Waals surface area contributed by atoms with Crippen LogP contribution in [0.1, 0.15) is 0 Å². The molecule has 1 nitrogen and oxygen atoms in total. The van der Waals surface area contributed by atoms with E-state index < -0.39 is 10.9 Å². The van der Waals surface area contributed by atoms with Gasteiger partial charge in [-0.15, -0.1) is 4.48 Å². The summed E-state index contributed by atoms with van der Waals surface area (Å²) in [4.78, 5) is 0. The molecule has 0 saturated carbocycles. The van der Waals surface area contributed by atoms with Crippen molar-refractivity contribution in [2.75, 3.05) is 0 Å². The van der Waals surface area contributed by atoms with Crippen molar-refractivity contribution in [3.63, 3.8) is 0 Å². The van der Waals surface area contributed by atoms with Crippen molar-refractivity contribution in [3.8, 4) is 0 Å². The summed E-state index contributed by atoms with van der Waals surface area (Å²) >= 11 is 3.80. The van der Waals surface area contributed by atoms with Gasteiger partial charge in [-0.3, -0.25) is 0 Å². The normalized spacial score (nSPS) is 12.9. The van der Waals surface area contributed by atoms with Crippen LogP contribution in [0.15, 0.2) is 0 Å². The summed E-state index contributed by atoms with van der Waals surface area (Å²) in [7, 11) is 0. The van der Waals surface area contributed by atoms with Gasteiger partial charge in [0, 0.05) is 16.4 Å². The molecule has 7 heavy (non-hydrogen) atoms. The molecule has 44 valence electrons. The summed E-state index contributed by atoms with van der Waals surface area (Å²) in [6.45, 7) is 0. The number of alkyl halides is 3. The fourth-order valence-corrected chi connectivity index (χ4v) is 0. The van der Waals surface area contributed by atoms with Crippen LogP contribution in [0.3, 0.4) is 0 Å². The van der Waals surface area contributed by atoms with Crippen LogP contribution in [0.5, 0.6) is 0 Å². The number of hydrogen-bond donors (Lipinski definition) is 0. The summed E-state index contributed by atoms with van der Waals surface area (Å²) in [6, 6.07) is 0. The Hall–Kier alpha value is -0.0300. The third-order valence-electron chi connectivity index (χ3n) is 0.192. The van der Waals surface area contributed by atoms with Crippen molar-refractivity contribution in [2.24, 2.45) is 0 Å². The van der Waals surface area contributed by atoms with E-state index >= 15 is 0 Å². The van der Waals surface area contributed by atoms with Crippen molar-refractivity contribution in [2.45, 2.75) is 6.30 Å². The first kappa shape index (κ1) is 6.97. The highest BCUT2D eigenvalue weighted by Gasteiger charge is 2.37. The molecule has 6 heteroatoms. The summed E-state index contributed by atoms with van der Waals surface area (Å²) < 4.78 is 40.6. The van der Waals surface area contributed by atoms with Gasteiger partial charge in [0.2, 0.25) is 0 Å². The number of halogens is 5. The minimum Gasteiger partial charge on any atom is -0.153 e. The topological polar surface area (TPSA) is 3.24 Å². The highest BCUT2D eigenvalue weighted by molar-refractivity contribution is 6.12. The third kappa shape index (κ3) is 2.64. The molecular weight excluding hydrogens is 137 g/mol. The van der Waals surface area contributed by atoms with Crippen molar-refractivity contribution in [1.82, 2.24) is 4.64 Å². The second-order valence-electron chi connectivity index (χ2n) is 0.701. The average Bonchev–Trinajstić information content (AvgIpc) is 1.31. The predicted octanol–water partition coefficient (Wildman–Crippen LogP) is 1.85. The summed E-state index contributed by atoms with van der Waals surface area (Å²) in [5, 5.41) is 0. The molecule has 0 atom stereocenters. The van der Waals surface area contributed by atoms with Gasteiger partial charge in [-0.1, -0.05) is 0 Å². The largest absolute Gasteiger partial charge is 0.502 e. The standard InChI is InChI=1S/CClF4N/c2-7(6)1(3,4)5. The van der Waals surface area contributed by atoms with Crippen LogP contribution < -0.4 is 0 Å². The molecule has 0 aliphatic carbocycles. The number of hydrogen-bond acceptors (Lipinski definition) is 1. The van der Waals surface area contributed by atoms with Crippen molar-refractivity contribution in [1.29, 1.82) is 0 Å². The van der Waals surface area contributed by atoms with Gasteiger partial charge in [-0.05, 0) is 0 Å². The average molecular weight is 137 g/mol. The Bertz CT molecular complexity index is 57.2. The summed E-state index contributed by atoms with van der Waals surface area (Å²) in [5.74, 6) is 0. The van der Waals surface area contributed by atoms with E-state index in [1.807, 2.05) is 0 Å². The van der Waals surface area contributed by atoms with E-state index in [2.05, 4.69) is 11.8 Å². The fourth-order valence-electron chi connectivity index (χ4n) is 0. The molecule has 0 aromatic carbocycles. The second-order valence-corrected chi connectivity index (χ2v) is 0.998. The van der Waals surface area contributed by atoms with Gasteiger partial charge in [0.1, 0.15) is 0 Å². The van der Waals surface area contributed by atoms with Gasteiger partial charge < -0.3 is 0 Å². The zero-order chi connectivity index (χ0) is 6.08. The summed E-state index contributed by atoms with van der Waals surface area (Å²) in [5.41, 5.74) is 0. The number of nitrogens with zero attached hydrogens (tertiary/aromatic N) is 1. The van der Waals surface area contributed by atoms with Gasteiger partial charge in [-0.2, -0.15) is 13.2 Å². The van der Waals surface area contributed by atoms with Crippen molar-refractivity contribution in [3.05, 3.63) is 0 Å². The van der Waals surface area contributed by atoms with Crippen LogP contribution in [0, 0.1) is 0 Å². The first-order chi connectivity index (χ1) is 2.94. The zero-order valence-electron chi connectivity index (χ0n) is 2.84. The van der Waals surface area contributed by atoms with Gasteiger partial charge in [0.05, 0.1) is 0 Å². The van der Waals surface area contributed by atoms with Crippen LogP contribution in [0.2, 0.25) is 0 Å². The highest BCUT2D eigenvalue weighted by atomic mass is 35.5. The maximum Gasteiger partial charge on any atom is 0.502 e. The van der Waals surface area contributed by atoms with Crippen LogP contribution >= 0.6 is 11.8 Å².